The quantitative estimate of drug-likeness (QED) is 0.861. The van der Waals surface area contributed by atoms with E-state index in [2.05, 4.69) is 40.7 Å². The van der Waals surface area contributed by atoms with Crippen molar-refractivity contribution in [2.75, 3.05) is 35.2 Å². The molecule has 1 aliphatic heterocycles. The van der Waals surface area contributed by atoms with Crippen molar-refractivity contribution in [3.05, 3.63) is 54.1 Å². The highest BCUT2D eigenvalue weighted by molar-refractivity contribution is 5.93. The van der Waals surface area contributed by atoms with E-state index < -0.39 is 0 Å². The first-order valence-electron chi connectivity index (χ1n) is 9.03. The standard InChI is InChI=1S/C21H24N4O/c1-16-9-11-25(12-10-16)20-7-5-18(6-8-20)23-15-21(26)24-19-4-2-3-17(13-19)14-22/h2-8,13,16,23H,9-12,15H2,1H3,(H,24,26). The Hall–Kier alpha value is -3.00. The highest BCUT2D eigenvalue weighted by atomic mass is 16.1. The molecule has 0 radical (unpaired) electrons. The maximum Gasteiger partial charge on any atom is 0.243 e. The molecule has 2 aromatic rings. The fourth-order valence-electron chi connectivity index (χ4n) is 3.11. The summed E-state index contributed by atoms with van der Waals surface area (Å²) in [5.41, 5.74) is 3.31. The van der Waals surface area contributed by atoms with Crippen LogP contribution in [0.1, 0.15) is 25.3 Å². The van der Waals surface area contributed by atoms with E-state index in [0.29, 0.717) is 11.3 Å². The molecule has 1 aliphatic rings. The molecule has 1 fully saturated rings. The van der Waals surface area contributed by atoms with E-state index in [-0.39, 0.29) is 12.5 Å². The Morgan fingerprint density at radius 1 is 1.15 bits per heavy atom. The number of carbonyl (C=O) groups excluding carboxylic acids is 1. The number of rotatable bonds is 5. The topological polar surface area (TPSA) is 68.2 Å². The second-order valence-corrected chi connectivity index (χ2v) is 6.81. The molecule has 0 spiro atoms. The number of anilines is 3. The van der Waals surface area contributed by atoms with Gasteiger partial charge >= 0.3 is 0 Å². The van der Waals surface area contributed by atoms with Gasteiger partial charge in [-0.25, -0.2) is 0 Å². The minimum atomic E-state index is -0.144. The van der Waals surface area contributed by atoms with Crippen molar-refractivity contribution in [3.63, 3.8) is 0 Å². The summed E-state index contributed by atoms with van der Waals surface area (Å²) in [5, 5.41) is 14.8. The van der Waals surface area contributed by atoms with Crippen molar-refractivity contribution in [3.8, 4) is 6.07 Å². The molecule has 1 saturated heterocycles. The van der Waals surface area contributed by atoms with Gasteiger partial charge in [-0.3, -0.25) is 4.79 Å². The monoisotopic (exact) mass is 348 g/mol. The zero-order chi connectivity index (χ0) is 18.4. The third-order valence-corrected chi connectivity index (χ3v) is 4.74. The van der Waals surface area contributed by atoms with Crippen molar-refractivity contribution in [1.82, 2.24) is 0 Å². The minimum Gasteiger partial charge on any atom is -0.376 e. The number of carbonyl (C=O) groups is 1. The van der Waals surface area contributed by atoms with E-state index in [4.69, 9.17) is 5.26 Å². The smallest absolute Gasteiger partial charge is 0.243 e. The van der Waals surface area contributed by atoms with Crippen LogP contribution in [-0.2, 0) is 4.79 Å². The number of piperidine rings is 1. The maximum atomic E-state index is 12.1. The molecule has 1 heterocycles. The summed E-state index contributed by atoms with van der Waals surface area (Å²) in [7, 11) is 0. The Morgan fingerprint density at radius 2 is 1.88 bits per heavy atom. The van der Waals surface area contributed by atoms with Crippen LogP contribution >= 0.6 is 0 Å². The average molecular weight is 348 g/mol. The summed E-state index contributed by atoms with van der Waals surface area (Å²) >= 11 is 0. The van der Waals surface area contributed by atoms with Gasteiger partial charge in [-0.2, -0.15) is 5.26 Å². The van der Waals surface area contributed by atoms with Crippen LogP contribution < -0.4 is 15.5 Å². The molecular weight excluding hydrogens is 324 g/mol. The maximum absolute atomic E-state index is 12.1. The molecule has 5 nitrogen and oxygen atoms in total. The second-order valence-electron chi connectivity index (χ2n) is 6.81. The fraction of sp³-hybridized carbons (Fsp3) is 0.333. The molecular formula is C21H24N4O. The highest BCUT2D eigenvalue weighted by Gasteiger charge is 2.15. The number of nitrogens with one attached hydrogen (secondary N) is 2. The Balaban J connectivity index is 1.50. The number of hydrogen-bond acceptors (Lipinski definition) is 4. The summed E-state index contributed by atoms with van der Waals surface area (Å²) in [4.78, 5) is 14.5. The summed E-state index contributed by atoms with van der Waals surface area (Å²) in [5.74, 6) is 0.675. The largest absolute Gasteiger partial charge is 0.376 e. The Morgan fingerprint density at radius 3 is 2.58 bits per heavy atom. The van der Waals surface area contributed by atoms with Gasteiger partial charge in [0.05, 0.1) is 18.2 Å². The van der Waals surface area contributed by atoms with Gasteiger partial charge in [0.15, 0.2) is 0 Å². The molecule has 0 atom stereocenters. The Labute approximate surface area is 154 Å². The van der Waals surface area contributed by atoms with Crippen LogP contribution in [0.3, 0.4) is 0 Å². The molecule has 0 saturated carbocycles. The lowest BCUT2D eigenvalue weighted by molar-refractivity contribution is -0.114. The van der Waals surface area contributed by atoms with Crippen LogP contribution in [0.25, 0.3) is 0 Å². The van der Waals surface area contributed by atoms with Crippen molar-refractivity contribution >= 4 is 23.0 Å². The molecule has 0 aromatic heterocycles. The van der Waals surface area contributed by atoms with Gasteiger partial charge < -0.3 is 15.5 Å². The molecule has 0 aliphatic carbocycles. The molecule has 5 heteroatoms. The molecule has 0 bridgehead atoms. The second kappa shape index (κ2) is 8.39. The Bertz CT molecular complexity index is 786. The summed E-state index contributed by atoms with van der Waals surface area (Å²) in [6, 6.07) is 17.2. The van der Waals surface area contributed by atoms with Crippen molar-refractivity contribution in [1.29, 1.82) is 5.26 Å². The molecule has 2 N–H and O–H groups in total. The highest BCUT2D eigenvalue weighted by Crippen LogP contribution is 2.24. The van der Waals surface area contributed by atoms with Gasteiger partial charge in [-0.15, -0.1) is 0 Å². The third-order valence-electron chi connectivity index (χ3n) is 4.74. The van der Waals surface area contributed by atoms with E-state index in [1.807, 2.05) is 12.1 Å². The SMILES string of the molecule is CC1CCN(c2ccc(NCC(=O)Nc3cccc(C#N)c3)cc2)CC1. The first-order valence-corrected chi connectivity index (χ1v) is 9.03. The molecule has 3 rings (SSSR count). The molecule has 2 aromatic carbocycles. The van der Waals surface area contributed by atoms with E-state index in [0.717, 1.165) is 24.7 Å². The number of benzene rings is 2. The predicted molar refractivity (Wildman–Crippen MR) is 105 cm³/mol. The van der Waals surface area contributed by atoms with Crippen molar-refractivity contribution in [2.45, 2.75) is 19.8 Å². The number of hydrogen-bond donors (Lipinski definition) is 2. The average Bonchev–Trinajstić information content (AvgIpc) is 2.67. The van der Waals surface area contributed by atoms with Crippen molar-refractivity contribution < 1.29 is 4.79 Å². The van der Waals surface area contributed by atoms with E-state index >= 15 is 0 Å². The lowest BCUT2D eigenvalue weighted by atomic mass is 9.99. The number of nitriles is 1. The predicted octanol–water partition coefficient (Wildman–Crippen LogP) is 3.85. The first kappa shape index (κ1) is 17.8. The van der Waals surface area contributed by atoms with Crippen LogP contribution in [0.4, 0.5) is 17.1 Å². The van der Waals surface area contributed by atoms with E-state index in [1.165, 1.54) is 18.5 Å². The molecule has 134 valence electrons. The molecule has 1 amide bonds. The van der Waals surface area contributed by atoms with Gasteiger partial charge in [0, 0.05) is 30.2 Å². The van der Waals surface area contributed by atoms with Crippen LogP contribution in [0.2, 0.25) is 0 Å². The minimum absolute atomic E-state index is 0.144. The third kappa shape index (κ3) is 4.76. The fourth-order valence-corrected chi connectivity index (χ4v) is 3.11. The zero-order valence-corrected chi connectivity index (χ0v) is 15.0. The first-order chi connectivity index (χ1) is 12.6. The number of amides is 1. The normalized spacial score (nSPS) is 14.5. The lowest BCUT2D eigenvalue weighted by Crippen LogP contribution is -2.32. The van der Waals surface area contributed by atoms with Gasteiger partial charge in [-0.1, -0.05) is 13.0 Å². The van der Waals surface area contributed by atoms with Gasteiger partial charge in [0.2, 0.25) is 5.91 Å². The van der Waals surface area contributed by atoms with E-state index in [9.17, 15) is 4.79 Å². The van der Waals surface area contributed by atoms with Gasteiger partial charge in [0.1, 0.15) is 0 Å². The van der Waals surface area contributed by atoms with Crippen LogP contribution in [0.15, 0.2) is 48.5 Å². The molecule has 26 heavy (non-hydrogen) atoms. The van der Waals surface area contributed by atoms with Crippen LogP contribution in [0.5, 0.6) is 0 Å². The zero-order valence-electron chi connectivity index (χ0n) is 15.0. The summed E-state index contributed by atoms with van der Waals surface area (Å²) < 4.78 is 0. The van der Waals surface area contributed by atoms with Crippen LogP contribution in [0, 0.1) is 17.2 Å². The summed E-state index contributed by atoms with van der Waals surface area (Å²) in [6.45, 7) is 4.71. The van der Waals surface area contributed by atoms with Gasteiger partial charge in [0.25, 0.3) is 0 Å². The van der Waals surface area contributed by atoms with Gasteiger partial charge in [-0.05, 0) is 61.2 Å². The number of nitrogens with zero attached hydrogens (tertiary/aromatic N) is 2. The van der Waals surface area contributed by atoms with E-state index in [1.54, 1.807) is 24.3 Å². The Kier molecular flexibility index (Phi) is 5.75. The van der Waals surface area contributed by atoms with Crippen LogP contribution in [-0.4, -0.2) is 25.5 Å². The van der Waals surface area contributed by atoms with Crippen molar-refractivity contribution in [2.24, 2.45) is 5.92 Å². The molecule has 0 unspecified atom stereocenters. The summed E-state index contributed by atoms with van der Waals surface area (Å²) in [6.07, 6.45) is 2.49. The lowest BCUT2D eigenvalue weighted by Gasteiger charge is -2.32.